The Kier molecular flexibility index (Phi) is 4.55. The lowest BCUT2D eigenvalue weighted by atomic mass is 10.1. The average molecular weight is 260 g/mol. The van der Waals surface area contributed by atoms with E-state index >= 15 is 0 Å². The van der Waals surface area contributed by atoms with Crippen molar-refractivity contribution in [2.75, 3.05) is 0 Å². The van der Waals surface area contributed by atoms with Crippen LogP contribution in [0.1, 0.15) is 39.0 Å². The predicted molar refractivity (Wildman–Crippen MR) is 60.8 cm³/mol. The number of hydrogen-bond acceptors (Lipinski definition) is 5. The van der Waals surface area contributed by atoms with Gasteiger partial charge in [-0.1, -0.05) is 6.42 Å². The minimum atomic E-state index is -0.772. The van der Waals surface area contributed by atoms with Crippen molar-refractivity contribution >= 4 is 5.97 Å². The lowest BCUT2D eigenvalue weighted by Gasteiger charge is -2.28. The van der Waals surface area contributed by atoms with Crippen molar-refractivity contribution in [3.8, 4) is 0 Å². The third-order valence-electron chi connectivity index (χ3n) is 3.21. The molecule has 5 atom stereocenters. The van der Waals surface area contributed by atoms with Crippen LogP contribution >= 0.6 is 0 Å². The second kappa shape index (κ2) is 5.97. The second-order valence-corrected chi connectivity index (χ2v) is 4.94. The Morgan fingerprint density at radius 1 is 1.44 bits per heavy atom. The number of epoxide rings is 1. The number of carboxylic acid groups (broad SMARTS) is 1. The molecule has 0 radical (unpaired) electrons. The standard InChI is InChI=1S/C12H20O6/c1-7(4-2-3-5-10(14)15)16-11-8(13)6-9-12(17-9)18-11/h7-9,11-13H,2-6H2,1H3,(H,14,15)/t7-,8?,9-,11-,12?/m1/s1. The smallest absolute Gasteiger partial charge is 0.303 e. The molecule has 18 heavy (non-hydrogen) atoms. The summed E-state index contributed by atoms with van der Waals surface area (Å²) in [5.41, 5.74) is 0. The molecule has 0 saturated carbocycles. The summed E-state index contributed by atoms with van der Waals surface area (Å²) in [4.78, 5) is 10.3. The van der Waals surface area contributed by atoms with Gasteiger partial charge in [-0.2, -0.15) is 0 Å². The maximum Gasteiger partial charge on any atom is 0.303 e. The van der Waals surface area contributed by atoms with Gasteiger partial charge in [0.2, 0.25) is 0 Å². The lowest BCUT2D eigenvalue weighted by molar-refractivity contribution is -0.239. The van der Waals surface area contributed by atoms with Crippen molar-refractivity contribution in [2.24, 2.45) is 0 Å². The van der Waals surface area contributed by atoms with Crippen LogP contribution in [-0.4, -0.2) is 47.1 Å². The summed E-state index contributed by atoms with van der Waals surface area (Å²) in [6.45, 7) is 1.90. The van der Waals surface area contributed by atoms with E-state index in [1.165, 1.54) is 0 Å². The molecule has 2 heterocycles. The number of carboxylic acids is 1. The first-order valence-corrected chi connectivity index (χ1v) is 6.42. The van der Waals surface area contributed by atoms with Crippen molar-refractivity contribution < 1.29 is 29.2 Å². The molecule has 0 aromatic heterocycles. The first-order chi connectivity index (χ1) is 8.56. The summed E-state index contributed by atoms with van der Waals surface area (Å²) in [7, 11) is 0. The Morgan fingerprint density at radius 3 is 2.94 bits per heavy atom. The molecule has 2 unspecified atom stereocenters. The van der Waals surface area contributed by atoms with Gasteiger partial charge >= 0.3 is 5.97 Å². The van der Waals surface area contributed by atoms with Crippen molar-refractivity contribution in [3.05, 3.63) is 0 Å². The highest BCUT2D eigenvalue weighted by Crippen LogP contribution is 2.36. The zero-order valence-corrected chi connectivity index (χ0v) is 10.4. The number of fused-ring (bicyclic) bond motifs is 1. The number of unbranched alkanes of at least 4 members (excludes halogenated alkanes) is 1. The van der Waals surface area contributed by atoms with E-state index in [1.54, 1.807) is 0 Å². The summed E-state index contributed by atoms with van der Waals surface area (Å²) in [6, 6.07) is 0. The molecule has 0 aliphatic carbocycles. The van der Waals surface area contributed by atoms with E-state index in [9.17, 15) is 9.90 Å². The van der Waals surface area contributed by atoms with Crippen molar-refractivity contribution in [2.45, 2.75) is 69.9 Å². The van der Waals surface area contributed by atoms with Gasteiger partial charge < -0.3 is 24.4 Å². The highest BCUT2D eigenvalue weighted by atomic mass is 16.8. The van der Waals surface area contributed by atoms with E-state index in [-0.39, 0.29) is 24.9 Å². The summed E-state index contributed by atoms with van der Waals surface area (Å²) in [5.74, 6) is -0.772. The molecular weight excluding hydrogens is 240 g/mol. The maximum atomic E-state index is 10.3. The molecule has 0 aromatic carbocycles. The Balaban J connectivity index is 1.61. The molecule has 0 bridgehead atoms. The van der Waals surface area contributed by atoms with Gasteiger partial charge in [-0.15, -0.1) is 0 Å². The molecule has 6 nitrogen and oxygen atoms in total. The monoisotopic (exact) mass is 260 g/mol. The van der Waals surface area contributed by atoms with Gasteiger partial charge in [0.1, 0.15) is 12.2 Å². The average Bonchev–Trinajstić information content (AvgIpc) is 3.02. The normalized spacial score (nSPS) is 35.9. The van der Waals surface area contributed by atoms with Gasteiger partial charge in [0.25, 0.3) is 0 Å². The third kappa shape index (κ3) is 3.91. The van der Waals surface area contributed by atoms with E-state index in [0.29, 0.717) is 12.8 Å². The highest BCUT2D eigenvalue weighted by Gasteiger charge is 2.50. The summed E-state index contributed by atoms with van der Waals surface area (Å²) < 4.78 is 16.2. The number of ether oxygens (including phenoxy) is 3. The fourth-order valence-electron chi connectivity index (χ4n) is 2.11. The topological polar surface area (TPSA) is 88.5 Å². The number of aliphatic hydroxyl groups excluding tert-OH is 1. The molecule has 0 spiro atoms. The van der Waals surface area contributed by atoms with Crippen LogP contribution < -0.4 is 0 Å². The fraction of sp³-hybridized carbons (Fsp3) is 0.917. The van der Waals surface area contributed by atoms with Gasteiger partial charge in [0.15, 0.2) is 12.6 Å². The van der Waals surface area contributed by atoms with Crippen LogP contribution in [0, 0.1) is 0 Å². The van der Waals surface area contributed by atoms with Crippen LogP contribution in [-0.2, 0) is 19.0 Å². The van der Waals surface area contributed by atoms with Crippen molar-refractivity contribution in [1.82, 2.24) is 0 Å². The first-order valence-electron chi connectivity index (χ1n) is 6.42. The maximum absolute atomic E-state index is 10.3. The van der Waals surface area contributed by atoms with Crippen molar-refractivity contribution in [1.29, 1.82) is 0 Å². The van der Waals surface area contributed by atoms with Crippen molar-refractivity contribution in [3.63, 3.8) is 0 Å². The van der Waals surface area contributed by atoms with E-state index in [0.717, 1.165) is 12.8 Å². The quantitative estimate of drug-likeness (QED) is 0.521. The number of carbonyl (C=O) groups is 1. The van der Waals surface area contributed by atoms with Crippen LogP contribution in [0.3, 0.4) is 0 Å². The molecular formula is C12H20O6. The predicted octanol–water partition coefficient (Wildman–Crippen LogP) is 0.869. The number of aliphatic hydroxyl groups is 1. The molecule has 6 heteroatoms. The molecule has 0 aromatic rings. The van der Waals surface area contributed by atoms with Gasteiger partial charge in [-0.05, 0) is 19.8 Å². The zero-order valence-electron chi connectivity index (χ0n) is 10.4. The first kappa shape index (κ1) is 13.7. The molecule has 2 aliphatic rings. The van der Waals surface area contributed by atoms with E-state index in [4.69, 9.17) is 19.3 Å². The molecule has 2 rings (SSSR count). The van der Waals surface area contributed by atoms with Gasteiger partial charge in [-0.3, -0.25) is 4.79 Å². The second-order valence-electron chi connectivity index (χ2n) is 4.94. The number of aliphatic carboxylic acids is 1. The van der Waals surface area contributed by atoms with Gasteiger partial charge in [0.05, 0.1) is 6.10 Å². The van der Waals surface area contributed by atoms with Crippen LogP contribution in [0.25, 0.3) is 0 Å². The lowest BCUT2D eigenvalue weighted by Crippen LogP contribution is -2.40. The van der Waals surface area contributed by atoms with Crippen LogP contribution in [0.2, 0.25) is 0 Å². The Hall–Kier alpha value is -0.690. The Morgan fingerprint density at radius 2 is 2.22 bits per heavy atom. The fourth-order valence-corrected chi connectivity index (χ4v) is 2.11. The van der Waals surface area contributed by atoms with Crippen LogP contribution in [0.4, 0.5) is 0 Å². The number of rotatable bonds is 7. The third-order valence-corrected chi connectivity index (χ3v) is 3.21. The highest BCUT2D eigenvalue weighted by molar-refractivity contribution is 5.66. The number of hydrogen-bond donors (Lipinski definition) is 2. The van der Waals surface area contributed by atoms with Gasteiger partial charge in [0, 0.05) is 12.8 Å². The summed E-state index contributed by atoms with van der Waals surface area (Å²) in [6.07, 6.45) is 1.43. The molecule has 2 saturated heterocycles. The molecule has 2 fully saturated rings. The van der Waals surface area contributed by atoms with E-state index < -0.39 is 18.4 Å². The Labute approximate surface area is 106 Å². The van der Waals surface area contributed by atoms with E-state index in [2.05, 4.69) is 0 Å². The molecule has 0 amide bonds. The minimum Gasteiger partial charge on any atom is -0.481 e. The zero-order chi connectivity index (χ0) is 13.1. The summed E-state index contributed by atoms with van der Waals surface area (Å²) >= 11 is 0. The molecule has 104 valence electrons. The largest absolute Gasteiger partial charge is 0.481 e. The minimum absolute atomic E-state index is 0.0331. The molecule has 2 aliphatic heterocycles. The molecule has 2 N–H and O–H groups in total. The SMILES string of the molecule is C[C@H](CCCCC(=O)O)O[C@@H]1OC2O[C@@H]2CC1O. The Bertz CT molecular complexity index is 294. The van der Waals surface area contributed by atoms with Gasteiger partial charge in [-0.25, -0.2) is 0 Å². The van der Waals surface area contributed by atoms with E-state index in [1.807, 2.05) is 6.92 Å². The van der Waals surface area contributed by atoms with Crippen LogP contribution in [0.5, 0.6) is 0 Å². The summed E-state index contributed by atoms with van der Waals surface area (Å²) in [5, 5.41) is 18.3. The van der Waals surface area contributed by atoms with Crippen LogP contribution in [0.15, 0.2) is 0 Å².